The van der Waals surface area contributed by atoms with Crippen molar-refractivity contribution >= 4 is 17.6 Å². The van der Waals surface area contributed by atoms with Crippen molar-refractivity contribution < 1.29 is 14.3 Å². The third-order valence-corrected chi connectivity index (χ3v) is 5.31. The lowest BCUT2D eigenvalue weighted by Gasteiger charge is -2.29. The lowest BCUT2D eigenvalue weighted by molar-refractivity contribution is 0.0273. The summed E-state index contributed by atoms with van der Waals surface area (Å²) >= 11 is 0. The van der Waals surface area contributed by atoms with Gasteiger partial charge in [0.2, 0.25) is 0 Å². The van der Waals surface area contributed by atoms with Gasteiger partial charge < -0.3 is 19.5 Å². The van der Waals surface area contributed by atoms with Gasteiger partial charge in [-0.1, -0.05) is 6.08 Å². The van der Waals surface area contributed by atoms with Crippen molar-refractivity contribution in [1.29, 1.82) is 0 Å². The molecule has 1 aromatic heterocycles. The normalized spacial score (nSPS) is 16.6. The Morgan fingerprint density at radius 1 is 1.27 bits per heavy atom. The van der Waals surface area contributed by atoms with Crippen LogP contribution in [0.25, 0.3) is 11.3 Å². The van der Waals surface area contributed by atoms with E-state index in [2.05, 4.69) is 17.5 Å². The van der Waals surface area contributed by atoms with Crippen LogP contribution in [0.1, 0.15) is 54.6 Å². The minimum atomic E-state index is -0.514. The van der Waals surface area contributed by atoms with Gasteiger partial charge in [-0.3, -0.25) is 4.79 Å². The predicted molar refractivity (Wildman–Crippen MR) is 115 cm³/mol. The van der Waals surface area contributed by atoms with Crippen molar-refractivity contribution in [2.24, 2.45) is 0 Å². The maximum Gasteiger partial charge on any atom is 0.410 e. The van der Waals surface area contributed by atoms with Gasteiger partial charge in [-0.05, 0) is 69.9 Å². The van der Waals surface area contributed by atoms with E-state index in [0.29, 0.717) is 19.6 Å². The molecule has 2 aliphatic heterocycles. The third kappa shape index (κ3) is 4.10. The van der Waals surface area contributed by atoms with E-state index in [1.54, 1.807) is 4.90 Å². The average Bonchev–Trinajstić information content (AvgIpc) is 3.08. The average molecular weight is 409 g/mol. The molecule has 0 radical (unpaired) electrons. The van der Waals surface area contributed by atoms with Crippen molar-refractivity contribution in [3.05, 3.63) is 53.1 Å². The Labute approximate surface area is 176 Å². The topological polar surface area (TPSA) is 76.5 Å². The van der Waals surface area contributed by atoms with Crippen LogP contribution in [-0.4, -0.2) is 51.7 Å². The summed E-state index contributed by atoms with van der Waals surface area (Å²) in [4.78, 5) is 30.9. The van der Waals surface area contributed by atoms with E-state index in [4.69, 9.17) is 9.72 Å². The SMILES string of the molecule is Cc1nc(C2=CCCN(C(=O)OC(C)(C)C)C2)cn1-c1ccc2c(c1)CCNC2=O. The monoisotopic (exact) mass is 408 g/mol. The number of nitrogens with one attached hydrogen (secondary N) is 1. The van der Waals surface area contributed by atoms with E-state index in [-0.39, 0.29) is 12.0 Å². The molecule has 1 aromatic carbocycles. The molecule has 2 aliphatic rings. The molecule has 0 aliphatic carbocycles. The van der Waals surface area contributed by atoms with Crippen LogP contribution in [0.3, 0.4) is 0 Å². The Kier molecular flexibility index (Phi) is 5.13. The zero-order valence-corrected chi connectivity index (χ0v) is 18.0. The highest BCUT2D eigenvalue weighted by Gasteiger charge is 2.26. The Morgan fingerprint density at radius 2 is 2.07 bits per heavy atom. The number of hydrogen-bond donors (Lipinski definition) is 1. The molecular weight excluding hydrogens is 380 g/mol. The zero-order valence-electron chi connectivity index (χ0n) is 18.0. The van der Waals surface area contributed by atoms with Gasteiger partial charge in [0, 0.05) is 30.5 Å². The van der Waals surface area contributed by atoms with Crippen LogP contribution in [0, 0.1) is 6.92 Å². The van der Waals surface area contributed by atoms with Gasteiger partial charge >= 0.3 is 6.09 Å². The summed E-state index contributed by atoms with van der Waals surface area (Å²) in [6.07, 6.45) is 5.45. The van der Waals surface area contributed by atoms with Crippen LogP contribution in [0.5, 0.6) is 0 Å². The maximum absolute atomic E-state index is 12.5. The van der Waals surface area contributed by atoms with Crippen molar-refractivity contribution in [2.45, 2.75) is 46.1 Å². The van der Waals surface area contributed by atoms with Crippen LogP contribution >= 0.6 is 0 Å². The van der Waals surface area contributed by atoms with Gasteiger partial charge in [-0.15, -0.1) is 0 Å². The van der Waals surface area contributed by atoms with Gasteiger partial charge in [0.25, 0.3) is 5.91 Å². The van der Waals surface area contributed by atoms with Crippen LogP contribution < -0.4 is 5.32 Å². The summed E-state index contributed by atoms with van der Waals surface area (Å²) in [5, 5.41) is 2.88. The van der Waals surface area contributed by atoms with E-state index >= 15 is 0 Å². The minimum Gasteiger partial charge on any atom is -0.444 e. The van der Waals surface area contributed by atoms with Crippen molar-refractivity contribution in [2.75, 3.05) is 19.6 Å². The molecule has 7 heteroatoms. The summed E-state index contributed by atoms with van der Waals surface area (Å²) in [5.41, 5.74) is 4.15. The second kappa shape index (κ2) is 7.63. The summed E-state index contributed by atoms with van der Waals surface area (Å²) in [5.74, 6) is 0.848. The Morgan fingerprint density at radius 3 is 2.83 bits per heavy atom. The zero-order chi connectivity index (χ0) is 21.5. The van der Waals surface area contributed by atoms with E-state index < -0.39 is 5.60 Å². The van der Waals surface area contributed by atoms with Gasteiger partial charge in [0.15, 0.2) is 0 Å². The van der Waals surface area contributed by atoms with Crippen molar-refractivity contribution in [3.63, 3.8) is 0 Å². The number of carbonyl (C=O) groups is 2. The number of benzene rings is 1. The molecule has 0 atom stereocenters. The lowest BCUT2D eigenvalue weighted by Crippen LogP contribution is -2.39. The second-order valence-corrected chi connectivity index (χ2v) is 8.81. The molecule has 0 fully saturated rings. The molecule has 158 valence electrons. The molecule has 1 N–H and O–H groups in total. The fourth-order valence-corrected chi connectivity index (χ4v) is 3.86. The number of aryl methyl sites for hydroxylation is 1. The van der Waals surface area contributed by atoms with Crippen LogP contribution in [0.15, 0.2) is 30.5 Å². The number of aromatic nitrogens is 2. The molecule has 30 heavy (non-hydrogen) atoms. The Balaban J connectivity index is 1.56. The first-order valence-corrected chi connectivity index (χ1v) is 10.4. The fourth-order valence-electron chi connectivity index (χ4n) is 3.86. The molecule has 2 amide bonds. The summed E-state index contributed by atoms with van der Waals surface area (Å²) in [6.45, 7) is 9.37. The van der Waals surface area contributed by atoms with E-state index in [0.717, 1.165) is 46.7 Å². The molecule has 2 aromatic rings. The number of rotatable bonds is 2. The van der Waals surface area contributed by atoms with Gasteiger partial charge in [0.1, 0.15) is 11.4 Å². The van der Waals surface area contributed by atoms with Crippen LogP contribution in [0.2, 0.25) is 0 Å². The van der Waals surface area contributed by atoms with E-state index in [1.807, 2.05) is 50.6 Å². The number of nitrogens with zero attached hydrogens (tertiary/aromatic N) is 3. The molecule has 0 bridgehead atoms. The van der Waals surface area contributed by atoms with Gasteiger partial charge in [-0.25, -0.2) is 9.78 Å². The lowest BCUT2D eigenvalue weighted by atomic mass is 9.99. The molecule has 7 nitrogen and oxygen atoms in total. The van der Waals surface area contributed by atoms with Gasteiger partial charge in [-0.2, -0.15) is 0 Å². The Hall–Kier alpha value is -3.09. The quantitative estimate of drug-likeness (QED) is 0.825. The maximum atomic E-state index is 12.5. The largest absolute Gasteiger partial charge is 0.444 e. The smallest absolute Gasteiger partial charge is 0.410 e. The highest BCUT2D eigenvalue weighted by molar-refractivity contribution is 5.97. The number of ether oxygens (including phenoxy) is 1. The molecule has 3 heterocycles. The first-order valence-electron chi connectivity index (χ1n) is 10.4. The third-order valence-electron chi connectivity index (χ3n) is 5.31. The van der Waals surface area contributed by atoms with Gasteiger partial charge in [0.05, 0.1) is 12.2 Å². The minimum absolute atomic E-state index is 0.0135. The number of hydrogen-bond acceptors (Lipinski definition) is 4. The highest BCUT2D eigenvalue weighted by Crippen LogP contribution is 2.25. The standard InChI is InChI=1S/C23H28N4O3/c1-15-25-20(17-6-5-11-26(13-17)22(29)30-23(2,3)4)14-27(15)18-7-8-19-16(12-18)9-10-24-21(19)28/h6-8,12,14H,5,9-11,13H2,1-4H3,(H,24,28). The summed E-state index contributed by atoms with van der Waals surface area (Å²) < 4.78 is 7.56. The number of fused-ring (bicyclic) bond motifs is 1. The molecule has 0 saturated carbocycles. The van der Waals surface area contributed by atoms with Crippen molar-refractivity contribution in [3.8, 4) is 5.69 Å². The second-order valence-electron chi connectivity index (χ2n) is 8.81. The number of amides is 2. The first-order chi connectivity index (χ1) is 14.2. The first kappa shape index (κ1) is 20.2. The van der Waals surface area contributed by atoms with E-state index in [9.17, 15) is 9.59 Å². The van der Waals surface area contributed by atoms with Crippen molar-refractivity contribution in [1.82, 2.24) is 19.8 Å². The Bertz CT molecular complexity index is 1030. The molecule has 0 spiro atoms. The molecule has 0 unspecified atom stereocenters. The van der Waals surface area contributed by atoms with E-state index in [1.165, 1.54) is 0 Å². The van der Waals surface area contributed by atoms with Crippen LogP contribution in [-0.2, 0) is 11.2 Å². The van der Waals surface area contributed by atoms with Crippen LogP contribution in [0.4, 0.5) is 4.79 Å². The number of carbonyl (C=O) groups excluding carboxylic acids is 2. The summed E-state index contributed by atoms with van der Waals surface area (Å²) in [7, 11) is 0. The predicted octanol–water partition coefficient (Wildman–Crippen LogP) is 3.49. The molecular formula is C23H28N4O3. The number of imidazole rings is 1. The molecule has 4 rings (SSSR count). The fraction of sp³-hybridized carbons (Fsp3) is 0.435. The molecule has 0 saturated heterocycles. The highest BCUT2D eigenvalue weighted by atomic mass is 16.6. The summed E-state index contributed by atoms with van der Waals surface area (Å²) in [6, 6.07) is 5.89.